The normalized spacial score (nSPS) is 12.2. The van der Waals surface area contributed by atoms with E-state index in [1.807, 2.05) is 0 Å². The number of rotatable bonds is 6. The SMILES string of the molecule is CCOC(=O)C(C)Oc1ccc(Br)cc1C=CC(=O)O. The summed E-state index contributed by atoms with van der Waals surface area (Å²) in [4.78, 5) is 22.1. The van der Waals surface area contributed by atoms with Gasteiger partial charge in [-0.15, -0.1) is 0 Å². The second-order valence-corrected chi connectivity index (χ2v) is 4.78. The molecule has 0 radical (unpaired) electrons. The molecule has 0 aliphatic heterocycles. The molecule has 0 heterocycles. The fraction of sp³-hybridized carbons (Fsp3) is 0.286. The van der Waals surface area contributed by atoms with E-state index in [0.717, 1.165) is 10.5 Å². The predicted molar refractivity (Wildman–Crippen MR) is 77.5 cm³/mol. The van der Waals surface area contributed by atoms with Gasteiger partial charge in [-0.1, -0.05) is 15.9 Å². The van der Waals surface area contributed by atoms with Crippen molar-refractivity contribution in [2.24, 2.45) is 0 Å². The first-order chi connectivity index (χ1) is 9.43. The minimum absolute atomic E-state index is 0.276. The second-order valence-electron chi connectivity index (χ2n) is 3.87. The van der Waals surface area contributed by atoms with Gasteiger partial charge in [-0.05, 0) is 38.1 Å². The Hall–Kier alpha value is -1.82. The van der Waals surface area contributed by atoms with Gasteiger partial charge in [-0.25, -0.2) is 9.59 Å². The molecular formula is C14H15BrO5. The van der Waals surface area contributed by atoms with Gasteiger partial charge < -0.3 is 14.6 Å². The van der Waals surface area contributed by atoms with Crippen LogP contribution >= 0.6 is 15.9 Å². The van der Waals surface area contributed by atoms with Gasteiger partial charge in [0, 0.05) is 16.1 Å². The van der Waals surface area contributed by atoms with E-state index in [1.54, 1.807) is 32.0 Å². The number of carbonyl (C=O) groups excluding carboxylic acids is 1. The summed E-state index contributed by atoms with van der Waals surface area (Å²) in [6.07, 6.45) is 1.64. The Morgan fingerprint density at radius 3 is 2.75 bits per heavy atom. The number of aliphatic carboxylic acids is 1. The number of esters is 1. The minimum atomic E-state index is -1.06. The molecule has 1 unspecified atom stereocenters. The van der Waals surface area contributed by atoms with E-state index in [4.69, 9.17) is 14.6 Å². The first-order valence-electron chi connectivity index (χ1n) is 5.98. The number of ether oxygens (including phenoxy) is 2. The van der Waals surface area contributed by atoms with Crippen molar-refractivity contribution in [3.8, 4) is 5.75 Å². The molecule has 6 heteroatoms. The summed E-state index contributed by atoms with van der Waals surface area (Å²) in [5.41, 5.74) is 0.554. The molecule has 1 aromatic carbocycles. The molecule has 108 valence electrons. The zero-order chi connectivity index (χ0) is 15.1. The first-order valence-corrected chi connectivity index (χ1v) is 6.77. The third-order valence-corrected chi connectivity index (χ3v) is 2.79. The number of carbonyl (C=O) groups is 2. The highest BCUT2D eigenvalue weighted by Gasteiger charge is 2.17. The lowest BCUT2D eigenvalue weighted by Gasteiger charge is -2.15. The zero-order valence-electron chi connectivity index (χ0n) is 11.1. The lowest BCUT2D eigenvalue weighted by atomic mass is 10.2. The molecule has 0 aliphatic rings. The van der Waals surface area contributed by atoms with E-state index in [0.29, 0.717) is 11.3 Å². The van der Waals surface area contributed by atoms with Crippen molar-refractivity contribution >= 4 is 33.9 Å². The van der Waals surface area contributed by atoms with Crippen molar-refractivity contribution in [1.29, 1.82) is 0 Å². The van der Waals surface area contributed by atoms with E-state index < -0.39 is 18.0 Å². The highest BCUT2D eigenvalue weighted by Crippen LogP contribution is 2.25. The number of hydrogen-bond donors (Lipinski definition) is 1. The molecule has 1 N–H and O–H groups in total. The summed E-state index contributed by atoms with van der Waals surface area (Å²) in [7, 11) is 0. The Morgan fingerprint density at radius 1 is 1.45 bits per heavy atom. The molecule has 0 spiro atoms. The lowest BCUT2D eigenvalue weighted by molar-refractivity contribution is -0.150. The molecule has 0 saturated heterocycles. The lowest BCUT2D eigenvalue weighted by Crippen LogP contribution is -2.26. The Balaban J connectivity index is 2.94. The fourth-order valence-corrected chi connectivity index (χ4v) is 1.79. The maximum absolute atomic E-state index is 11.5. The van der Waals surface area contributed by atoms with E-state index in [-0.39, 0.29) is 6.61 Å². The van der Waals surface area contributed by atoms with Crippen LogP contribution in [-0.2, 0) is 14.3 Å². The van der Waals surface area contributed by atoms with Gasteiger partial charge in [0.2, 0.25) is 0 Å². The standard InChI is InChI=1S/C14H15BrO5/c1-3-19-14(18)9(2)20-12-6-5-11(15)8-10(12)4-7-13(16)17/h4-9H,3H2,1-2H3,(H,16,17). The average Bonchev–Trinajstić information content (AvgIpc) is 2.39. The molecule has 0 amide bonds. The van der Waals surface area contributed by atoms with Crippen molar-refractivity contribution in [2.75, 3.05) is 6.61 Å². The van der Waals surface area contributed by atoms with Gasteiger partial charge in [-0.3, -0.25) is 0 Å². The quantitative estimate of drug-likeness (QED) is 0.635. The Bertz CT molecular complexity index is 524. The van der Waals surface area contributed by atoms with Crippen LogP contribution in [-0.4, -0.2) is 29.8 Å². The molecule has 20 heavy (non-hydrogen) atoms. The van der Waals surface area contributed by atoms with Gasteiger partial charge in [0.05, 0.1) is 6.61 Å². The van der Waals surface area contributed by atoms with Gasteiger partial charge in [-0.2, -0.15) is 0 Å². The predicted octanol–water partition coefficient (Wildman–Crippen LogP) is 2.88. The molecule has 1 atom stereocenters. The molecule has 1 rings (SSSR count). The van der Waals surface area contributed by atoms with Crippen LogP contribution in [0.3, 0.4) is 0 Å². The molecular weight excluding hydrogens is 328 g/mol. The molecule has 0 saturated carbocycles. The molecule has 0 aliphatic carbocycles. The smallest absolute Gasteiger partial charge is 0.347 e. The highest BCUT2D eigenvalue weighted by molar-refractivity contribution is 9.10. The van der Waals surface area contributed by atoms with Crippen molar-refractivity contribution in [3.05, 3.63) is 34.3 Å². The molecule has 5 nitrogen and oxygen atoms in total. The minimum Gasteiger partial charge on any atom is -0.478 e. The molecule has 0 bridgehead atoms. The fourth-order valence-electron chi connectivity index (χ4n) is 1.42. The van der Waals surface area contributed by atoms with Crippen molar-refractivity contribution in [1.82, 2.24) is 0 Å². The topological polar surface area (TPSA) is 72.8 Å². The van der Waals surface area contributed by atoms with Crippen LogP contribution in [0.5, 0.6) is 5.75 Å². The van der Waals surface area contributed by atoms with Gasteiger partial charge in [0.15, 0.2) is 6.10 Å². The maximum atomic E-state index is 11.5. The van der Waals surface area contributed by atoms with Crippen molar-refractivity contribution in [2.45, 2.75) is 20.0 Å². The van der Waals surface area contributed by atoms with Gasteiger partial charge >= 0.3 is 11.9 Å². The van der Waals surface area contributed by atoms with E-state index in [9.17, 15) is 9.59 Å². The van der Waals surface area contributed by atoms with Crippen LogP contribution in [0.1, 0.15) is 19.4 Å². The Kier molecular flexibility index (Phi) is 6.24. The zero-order valence-corrected chi connectivity index (χ0v) is 12.7. The number of carboxylic acid groups (broad SMARTS) is 1. The third-order valence-electron chi connectivity index (χ3n) is 2.30. The number of carboxylic acids is 1. The summed E-state index contributed by atoms with van der Waals surface area (Å²) >= 11 is 3.29. The van der Waals surface area contributed by atoms with E-state index in [1.165, 1.54) is 6.08 Å². The largest absolute Gasteiger partial charge is 0.478 e. The van der Waals surface area contributed by atoms with Gasteiger partial charge in [0.25, 0.3) is 0 Å². The van der Waals surface area contributed by atoms with Crippen LogP contribution < -0.4 is 4.74 Å². The number of hydrogen-bond acceptors (Lipinski definition) is 4. The van der Waals surface area contributed by atoms with Gasteiger partial charge in [0.1, 0.15) is 5.75 Å². The number of benzene rings is 1. The van der Waals surface area contributed by atoms with E-state index in [2.05, 4.69) is 15.9 Å². The van der Waals surface area contributed by atoms with Crippen LogP contribution in [0.25, 0.3) is 6.08 Å². The molecule has 0 aromatic heterocycles. The van der Waals surface area contributed by atoms with Crippen LogP contribution in [0.2, 0.25) is 0 Å². The number of halogens is 1. The van der Waals surface area contributed by atoms with Crippen molar-refractivity contribution < 1.29 is 24.2 Å². The Morgan fingerprint density at radius 2 is 2.15 bits per heavy atom. The second kappa shape index (κ2) is 7.69. The summed E-state index contributed by atoms with van der Waals surface area (Å²) in [6.45, 7) is 3.56. The van der Waals surface area contributed by atoms with Crippen molar-refractivity contribution in [3.63, 3.8) is 0 Å². The van der Waals surface area contributed by atoms with Crippen LogP contribution in [0.15, 0.2) is 28.7 Å². The average molecular weight is 343 g/mol. The third kappa shape index (κ3) is 5.05. The monoisotopic (exact) mass is 342 g/mol. The summed E-state index contributed by atoms with van der Waals surface area (Å²) < 4.78 is 11.1. The highest BCUT2D eigenvalue weighted by atomic mass is 79.9. The van der Waals surface area contributed by atoms with E-state index >= 15 is 0 Å². The molecule has 0 fully saturated rings. The summed E-state index contributed by atoms with van der Waals surface area (Å²) in [6, 6.07) is 5.10. The maximum Gasteiger partial charge on any atom is 0.347 e. The summed E-state index contributed by atoms with van der Waals surface area (Å²) in [5.74, 6) is -1.12. The van der Waals surface area contributed by atoms with Crippen LogP contribution in [0, 0.1) is 0 Å². The first kappa shape index (κ1) is 16.2. The molecule has 1 aromatic rings. The van der Waals surface area contributed by atoms with Crippen LogP contribution in [0.4, 0.5) is 0 Å². The Labute approximate surface area is 125 Å². The summed E-state index contributed by atoms with van der Waals surface area (Å²) in [5, 5.41) is 8.66.